The van der Waals surface area contributed by atoms with Crippen molar-refractivity contribution >= 4 is 15.7 Å². The van der Waals surface area contributed by atoms with E-state index in [0.717, 1.165) is 0 Å². The van der Waals surface area contributed by atoms with E-state index in [9.17, 15) is 13.2 Å². The molecule has 2 unspecified atom stereocenters. The first-order valence-corrected chi connectivity index (χ1v) is 9.32. The second kappa shape index (κ2) is 5.88. The molecule has 0 N–H and O–H groups in total. The molecule has 8 nitrogen and oxygen atoms in total. The SMILES string of the molecule is COCc1c(C(=O)N2CCN(C)C3CS(=O)(=O)CC32)noc1C. The number of ether oxygens (including phenoxy) is 1. The molecular weight excluding hydrogens is 322 g/mol. The first-order valence-electron chi connectivity index (χ1n) is 7.50. The van der Waals surface area contributed by atoms with E-state index in [4.69, 9.17) is 9.26 Å². The minimum Gasteiger partial charge on any atom is -0.380 e. The van der Waals surface area contributed by atoms with Crippen LogP contribution in [0.3, 0.4) is 0 Å². The molecule has 0 aromatic carbocycles. The molecule has 1 amide bonds. The summed E-state index contributed by atoms with van der Waals surface area (Å²) in [6, 6.07) is -0.491. The highest BCUT2D eigenvalue weighted by Crippen LogP contribution is 2.28. The van der Waals surface area contributed by atoms with Gasteiger partial charge in [-0.1, -0.05) is 5.16 Å². The molecule has 2 aliphatic rings. The van der Waals surface area contributed by atoms with Crippen molar-refractivity contribution in [3.63, 3.8) is 0 Å². The van der Waals surface area contributed by atoms with Crippen LogP contribution in [0.1, 0.15) is 21.8 Å². The third kappa shape index (κ3) is 2.88. The van der Waals surface area contributed by atoms with Crippen molar-refractivity contribution in [2.75, 3.05) is 38.8 Å². The molecule has 2 saturated heterocycles. The number of carbonyl (C=O) groups excluding carboxylic acids is 1. The lowest BCUT2D eigenvalue weighted by Crippen LogP contribution is -2.59. The molecule has 3 rings (SSSR count). The van der Waals surface area contributed by atoms with Gasteiger partial charge in [-0.15, -0.1) is 0 Å². The first-order chi connectivity index (χ1) is 10.8. The van der Waals surface area contributed by atoms with Gasteiger partial charge in [0.05, 0.1) is 29.7 Å². The molecule has 3 heterocycles. The Balaban J connectivity index is 1.91. The van der Waals surface area contributed by atoms with Gasteiger partial charge in [0, 0.05) is 26.2 Å². The fraction of sp³-hybridized carbons (Fsp3) is 0.714. The van der Waals surface area contributed by atoms with Crippen molar-refractivity contribution in [3.8, 4) is 0 Å². The van der Waals surface area contributed by atoms with Gasteiger partial charge in [0.1, 0.15) is 5.76 Å². The van der Waals surface area contributed by atoms with E-state index < -0.39 is 9.84 Å². The molecule has 128 valence electrons. The zero-order valence-corrected chi connectivity index (χ0v) is 14.3. The van der Waals surface area contributed by atoms with Gasteiger partial charge in [-0.3, -0.25) is 9.69 Å². The number of carbonyl (C=O) groups is 1. The van der Waals surface area contributed by atoms with E-state index in [2.05, 4.69) is 5.16 Å². The lowest BCUT2D eigenvalue weighted by molar-refractivity contribution is 0.0398. The van der Waals surface area contributed by atoms with Crippen molar-refractivity contribution in [1.82, 2.24) is 15.0 Å². The smallest absolute Gasteiger partial charge is 0.276 e. The van der Waals surface area contributed by atoms with Gasteiger partial charge in [0.25, 0.3) is 5.91 Å². The van der Waals surface area contributed by atoms with Crippen LogP contribution in [-0.4, -0.2) is 80.1 Å². The number of likely N-dealkylation sites (N-methyl/N-ethyl adjacent to an activating group) is 1. The second-order valence-corrected chi connectivity index (χ2v) is 8.34. The molecule has 0 aliphatic carbocycles. The van der Waals surface area contributed by atoms with Crippen LogP contribution in [0.4, 0.5) is 0 Å². The number of sulfone groups is 1. The summed E-state index contributed by atoms with van der Waals surface area (Å²) in [4.78, 5) is 16.6. The lowest BCUT2D eigenvalue weighted by Gasteiger charge is -2.41. The number of piperazine rings is 1. The highest BCUT2D eigenvalue weighted by Gasteiger charge is 2.47. The summed E-state index contributed by atoms with van der Waals surface area (Å²) >= 11 is 0. The van der Waals surface area contributed by atoms with Gasteiger partial charge in [0.2, 0.25) is 0 Å². The minimum atomic E-state index is -3.13. The normalized spacial score (nSPS) is 27.2. The van der Waals surface area contributed by atoms with Crippen molar-refractivity contribution in [3.05, 3.63) is 17.0 Å². The number of fused-ring (bicyclic) bond motifs is 1. The predicted octanol–water partition coefficient (Wildman–Crippen LogP) is -0.317. The van der Waals surface area contributed by atoms with Crippen LogP contribution in [0, 0.1) is 6.92 Å². The summed E-state index contributed by atoms with van der Waals surface area (Å²) in [6.07, 6.45) is 0. The van der Waals surface area contributed by atoms with Crippen LogP contribution < -0.4 is 0 Å². The monoisotopic (exact) mass is 343 g/mol. The molecule has 9 heteroatoms. The molecule has 2 aliphatic heterocycles. The topological polar surface area (TPSA) is 93.0 Å². The zero-order valence-electron chi connectivity index (χ0n) is 13.5. The quantitative estimate of drug-likeness (QED) is 0.743. The van der Waals surface area contributed by atoms with E-state index >= 15 is 0 Å². The van der Waals surface area contributed by atoms with Gasteiger partial charge >= 0.3 is 0 Å². The van der Waals surface area contributed by atoms with Crippen molar-refractivity contribution < 1.29 is 22.5 Å². The Hall–Kier alpha value is -1.45. The Bertz CT molecular complexity index is 714. The van der Waals surface area contributed by atoms with Crippen molar-refractivity contribution in [1.29, 1.82) is 0 Å². The maximum absolute atomic E-state index is 12.9. The third-order valence-corrected chi connectivity index (χ3v) is 6.39. The average Bonchev–Trinajstić information content (AvgIpc) is 3.00. The summed E-state index contributed by atoms with van der Waals surface area (Å²) in [5.74, 6) is 0.360. The third-order valence-electron chi connectivity index (χ3n) is 4.69. The van der Waals surface area contributed by atoms with Gasteiger partial charge in [-0.25, -0.2) is 8.42 Å². The summed E-state index contributed by atoms with van der Waals surface area (Å²) < 4.78 is 34.2. The molecule has 23 heavy (non-hydrogen) atoms. The van der Waals surface area contributed by atoms with Crippen LogP contribution in [0.25, 0.3) is 0 Å². The number of aromatic nitrogens is 1. The standard InChI is InChI=1S/C14H21N3O5S/c1-9-10(6-21-3)13(15-22-9)14(18)17-5-4-16(2)11-7-23(19,20)8-12(11)17/h11-12H,4-8H2,1-3H3. The number of amides is 1. The Morgan fingerprint density at radius 3 is 2.74 bits per heavy atom. The average molecular weight is 343 g/mol. The number of hydrogen-bond donors (Lipinski definition) is 0. The number of methoxy groups -OCH3 is 1. The van der Waals surface area contributed by atoms with E-state index in [0.29, 0.717) is 24.4 Å². The molecule has 1 aromatic heterocycles. The van der Waals surface area contributed by atoms with E-state index in [1.165, 1.54) is 7.11 Å². The summed E-state index contributed by atoms with van der Waals surface area (Å²) in [5, 5.41) is 3.87. The minimum absolute atomic E-state index is 0.00416. The van der Waals surface area contributed by atoms with Gasteiger partial charge in [-0.05, 0) is 14.0 Å². The van der Waals surface area contributed by atoms with Crippen LogP contribution >= 0.6 is 0 Å². The Kier molecular flexibility index (Phi) is 4.19. The second-order valence-electron chi connectivity index (χ2n) is 6.19. The van der Waals surface area contributed by atoms with Crippen LogP contribution in [0.2, 0.25) is 0 Å². The molecule has 2 atom stereocenters. The Morgan fingerprint density at radius 1 is 1.35 bits per heavy atom. The highest BCUT2D eigenvalue weighted by atomic mass is 32.2. The molecular formula is C14H21N3O5S. The number of rotatable bonds is 3. The Labute approximate surface area is 135 Å². The molecule has 0 spiro atoms. The number of hydrogen-bond acceptors (Lipinski definition) is 7. The maximum atomic E-state index is 12.9. The largest absolute Gasteiger partial charge is 0.380 e. The number of aryl methyl sites for hydroxylation is 1. The predicted molar refractivity (Wildman–Crippen MR) is 81.8 cm³/mol. The summed E-state index contributed by atoms with van der Waals surface area (Å²) in [7, 11) is 0.308. The fourth-order valence-corrected chi connectivity index (χ4v) is 5.44. The first kappa shape index (κ1) is 16.4. The van der Waals surface area contributed by atoms with Crippen LogP contribution in [0.15, 0.2) is 4.52 Å². The van der Waals surface area contributed by atoms with Gasteiger partial charge in [0.15, 0.2) is 15.5 Å². The van der Waals surface area contributed by atoms with Crippen LogP contribution in [-0.2, 0) is 21.2 Å². The Morgan fingerprint density at radius 2 is 2.04 bits per heavy atom. The van der Waals surface area contributed by atoms with E-state index in [-0.39, 0.29) is 41.8 Å². The van der Waals surface area contributed by atoms with Gasteiger partial charge in [-0.2, -0.15) is 0 Å². The van der Waals surface area contributed by atoms with Crippen molar-refractivity contribution in [2.45, 2.75) is 25.6 Å². The summed E-state index contributed by atoms with van der Waals surface area (Å²) in [6.45, 7) is 3.07. The van der Waals surface area contributed by atoms with Crippen LogP contribution in [0.5, 0.6) is 0 Å². The zero-order chi connectivity index (χ0) is 16.8. The molecule has 1 aromatic rings. The summed E-state index contributed by atoms with van der Waals surface area (Å²) in [5.41, 5.74) is 0.839. The maximum Gasteiger partial charge on any atom is 0.276 e. The molecule has 0 bridgehead atoms. The van der Waals surface area contributed by atoms with Crippen molar-refractivity contribution in [2.24, 2.45) is 0 Å². The van der Waals surface area contributed by atoms with E-state index in [1.54, 1.807) is 11.8 Å². The van der Waals surface area contributed by atoms with E-state index in [1.807, 2.05) is 11.9 Å². The molecule has 2 fully saturated rings. The van der Waals surface area contributed by atoms with Gasteiger partial charge < -0.3 is 14.2 Å². The fourth-order valence-electron chi connectivity index (χ4n) is 3.39. The number of nitrogens with zero attached hydrogens (tertiary/aromatic N) is 3. The molecule has 0 saturated carbocycles. The highest BCUT2D eigenvalue weighted by molar-refractivity contribution is 7.91. The molecule has 0 radical (unpaired) electrons. The lowest BCUT2D eigenvalue weighted by atomic mass is 10.0.